The van der Waals surface area contributed by atoms with E-state index in [9.17, 15) is 14.3 Å². The minimum Gasteiger partial charge on any atom is -0.395 e. The van der Waals surface area contributed by atoms with Crippen LogP contribution in [0.4, 0.5) is 10.2 Å². The zero-order valence-corrected chi connectivity index (χ0v) is 14.3. The van der Waals surface area contributed by atoms with Crippen LogP contribution >= 0.6 is 0 Å². The Labute approximate surface area is 146 Å². The normalized spacial score (nSPS) is 18.3. The van der Waals surface area contributed by atoms with Gasteiger partial charge in [0.1, 0.15) is 17.3 Å². The van der Waals surface area contributed by atoms with E-state index in [1.54, 1.807) is 31.2 Å². The van der Waals surface area contributed by atoms with Gasteiger partial charge in [-0.25, -0.2) is 9.07 Å². The summed E-state index contributed by atoms with van der Waals surface area (Å²) in [6.45, 7) is 2.84. The molecular weight excluding hydrogens is 323 g/mol. The van der Waals surface area contributed by atoms with Gasteiger partial charge in [-0.05, 0) is 38.4 Å². The minimum atomic E-state index is -0.405. The second-order valence-corrected chi connectivity index (χ2v) is 6.39. The lowest BCUT2D eigenvalue weighted by Gasteiger charge is -2.33. The molecular formula is C18H23FN4O2. The summed E-state index contributed by atoms with van der Waals surface area (Å²) in [5.74, 6) is -0.166. The fourth-order valence-electron chi connectivity index (χ4n) is 3.24. The maximum Gasteiger partial charge on any atom is 0.239 e. The van der Waals surface area contributed by atoms with E-state index in [1.165, 1.54) is 10.7 Å². The van der Waals surface area contributed by atoms with Crippen molar-refractivity contribution in [1.29, 1.82) is 0 Å². The van der Waals surface area contributed by atoms with Crippen LogP contribution in [0.5, 0.6) is 0 Å². The highest BCUT2D eigenvalue weighted by molar-refractivity contribution is 5.91. The Morgan fingerprint density at radius 3 is 2.96 bits per heavy atom. The number of nitrogens with zero attached hydrogens (tertiary/aromatic N) is 3. The van der Waals surface area contributed by atoms with E-state index in [1.807, 2.05) is 4.90 Å². The van der Waals surface area contributed by atoms with Crippen molar-refractivity contribution in [3.8, 4) is 5.69 Å². The topological polar surface area (TPSA) is 70.4 Å². The van der Waals surface area contributed by atoms with E-state index in [0.717, 1.165) is 25.8 Å². The highest BCUT2D eigenvalue weighted by atomic mass is 19.1. The largest absolute Gasteiger partial charge is 0.395 e. The molecule has 7 heteroatoms. The van der Waals surface area contributed by atoms with Crippen LogP contribution in [-0.2, 0) is 4.79 Å². The van der Waals surface area contributed by atoms with Crippen molar-refractivity contribution in [3.05, 3.63) is 41.8 Å². The number of piperidine rings is 1. The van der Waals surface area contributed by atoms with Crippen LogP contribution in [0.15, 0.2) is 30.3 Å². The molecule has 1 fully saturated rings. The molecule has 1 saturated heterocycles. The number of aliphatic hydroxyl groups is 1. The number of aromatic nitrogens is 2. The molecule has 1 aliphatic heterocycles. The molecule has 1 aliphatic rings. The van der Waals surface area contributed by atoms with Gasteiger partial charge in [0.2, 0.25) is 5.91 Å². The van der Waals surface area contributed by atoms with E-state index in [2.05, 4.69) is 10.4 Å². The van der Waals surface area contributed by atoms with Gasteiger partial charge in [0.15, 0.2) is 0 Å². The first kappa shape index (κ1) is 17.6. The predicted molar refractivity (Wildman–Crippen MR) is 93.2 cm³/mol. The molecule has 1 aromatic heterocycles. The van der Waals surface area contributed by atoms with Gasteiger partial charge in [-0.15, -0.1) is 0 Å². The molecule has 1 aromatic carbocycles. The molecule has 1 unspecified atom stereocenters. The van der Waals surface area contributed by atoms with E-state index < -0.39 is 5.82 Å². The number of rotatable bonds is 5. The average molecular weight is 346 g/mol. The van der Waals surface area contributed by atoms with Crippen molar-refractivity contribution in [2.45, 2.75) is 32.2 Å². The van der Waals surface area contributed by atoms with Gasteiger partial charge in [-0.3, -0.25) is 9.69 Å². The molecule has 134 valence electrons. The third-order valence-corrected chi connectivity index (χ3v) is 4.49. The van der Waals surface area contributed by atoms with Crippen molar-refractivity contribution >= 4 is 11.7 Å². The standard InChI is InChI=1S/C18H23FN4O2/c1-13-10-17(23(21-13)16-8-3-2-7-15(16)19)20-18(25)11-22-9-5-4-6-14(22)12-24/h2-3,7-8,10,14,24H,4-6,9,11-12H2,1H3,(H,20,25). The molecule has 0 spiro atoms. The fraction of sp³-hybridized carbons (Fsp3) is 0.444. The molecule has 6 nitrogen and oxygen atoms in total. The number of likely N-dealkylation sites (tertiary alicyclic amines) is 1. The van der Waals surface area contributed by atoms with Crippen molar-refractivity contribution in [3.63, 3.8) is 0 Å². The van der Waals surface area contributed by atoms with Crippen LogP contribution in [0, 0.1) is 12.7 Å². The number of anilines is 1. The van der Waals surface area contributed by atoms with Crippen LogP contribution in [0.3, 0.4) is 0 Å². The Morgan fingerprint density at radius 1 is 1.40 bits per heavy atom. The number of nitrogens with one attached hydrogen (secondary N) is 1. The van der Waals surface area contributed by atoms with Gasteiger partial charge in [0, 0.05) is 12.1 Å². The molecule has 2 heterocycles. The summed E-state index contributed by atoms with van der Waals surface area (Å²) in [4.78, 5) is 14.4. The summed E-state index contributed by atoms with van der Waals surface area (Å²) in [5, 5.41) is 16.6. The van der Waals surface area contributed by atoms with Crippen LogP contribution in [-0.4, -0.2) is 51.4 Å². The SMILES string of the molecule is Cc1cc(NC(=O)CN2CCCCC2CO)n(-c2ccccc2F)n1. The van der Waals surface area contributed by atoms with Crippen molar-refractivity contribution in [2.75, 3.05) is 25.0 Å². The third-order valence-electron chi connectivity index (χ3n) is 4.49. The molecule has 0 saturated carbocycles. The second-order valence-electron chi connectivity index (χ2n) is 6.39. The Balaban J connectivity index is 1.75. The number of aryl methyl sites for hydroxylation is 1. The number of carbonyl (C=O) groups excluding carboxylic acids is 1. The first-order valence-electron chi connectivity index (χ1n) is 8.55. The van der Waals surface area contributed by atoms with E-state index in [0.29, 0.717) is 11.5 Å². The first-order chi connectivity index (χ1) is 12.1. The van der Waals surface area contributed by atoms with Crippen molar-refractivity contribution in [2.24, 2.45) is 0 Å². The zero-order chi connectivity index (χ0) is 17.8. The number of benzene rings is 1. The molecule has 3 rings (SSSR count). The summed E-state index contributed by atoms with van der Waals surface area (Å²) in [6.07, 6.45) is 2.99. The lowest BCUT2D eigenvalue weighted by molar-refractivity contribution is -0.118. The quantitative estimate of drug-likeness (QED) is 0.870. The van der Waals surface area contributed by atoms with Gasteiger partial charge in [0.05, 0.1) is 18.8 Å². The van der Waals surface area contributed by atoms with Gasteiger partial charge < -0.3 is 10.4 Å². The number of aliphatic hydroxyl groups excluding tert-OH is 1. The van der Waals surface area contributed by atoms with E-state index >= 15 is 0 Å². The van der Waals surface area contributed by atoms with Crippen LogP contribution in [0.2, 0.25) is 0 Å². The maximum absolute atomic E-state index is 14.1. The summed E-state index contributed by atoms with van der Waals surface area (Å²) < 4.78 is 15.5. The zero-order valence-electron chi connectivity index (χ0n) is 14.3. The third kappa shape index (κ3) is 4.05. The van der Waals surface area contributed by atoms with E-state index in [4.69, 9.17) is 0 Å². The number of carbonyl (C=O) groups is 1. The molecule has 0 aliphatic carbocycles. The van der Waals surface area contributed by atoms with Crippen molar-refractivity contribution < 1.29 is 14.3 Å². The van der Waals surface area contributed by atoms with Crippen LogP contribution in [0.1, 0.15) is 25.0 Å². The Kier molecular flexibility index (Phi) is 5.45. The molecule has 25 heavy (non-hydrogen) atoms. The Bertz CT molecular complexity index is 746. The number of hydrogen-bond acceptors (Lipinski definition) is 4. The molecule has 1 atom stereocenters. The lowest BCUT2D eigenvalue weighted by Crippen LogP contribution is -2.45. The van der Waals surface area contributed by atoms with Gasteiger partial charge in [-0.1, -0.05) is 18.6 Å². The second kappa shape index (κ2) is 7.76. The summed E-state index contributed by atoms with van der Waals surface area (Å²) >= 11 is 0. The molecule has 2 aromatic rings. The fourth-order valence-corrected chi connectivity index (χ4v) is 3.24. The monoisotopic (exact) mass is 346 g/mol. The number of para-hydroxylation sites is 1. The van der Waals surface area contributed by atoms with Crippen LogP contribution in [0.25, 0.3) is 5.69 Å². The summed E-state index contributed by atoms with van der Waals surface area (Å²) in [7, 11) is 0. The molecule has 0 radical (unpaired) electrons. The maximum atomic E-state index is 14.1. The van der Waals surface area contributed by atoms with E-state index in [-0.39, 0.29) is 30.8 Å². The number of amides is 1. The smallest absolute Gasteiger partial charge is 0.239 e. The minimum absolute atomic E-state index is 0.0257. The molecule has 1 amide bonds. The van der Waals surface area contributed by atoms with Gasteiger partial charge >= 0.3 is 0 Å². The van der Waals surface area contributed by atoms with Crippen molar-refractivity contribution in [1.82, 2.24) is 14.7 Å². The lowest BCUT2D eigenvalue weighted by atomic mass is 10.0. The highest BCUT2D eigenvalue weighted by Gasteiger charge is 2.24. The highest BCUT2D eigenvalue weighted by Crippen LogP contribution is 2.20. The van der Waals surface area contributed by atoms with Gasteiger partial charge in [0.25, 0.3) is 0 Å². The molecule has 2 N–H and O–H groups in total. The van der Waals surface area contributed by atoms with Crippen LogP contribution < -0.4 is 5.32 Å². The van der Waals surface area contributed by atoms with Gasteiger partial charge in [-0.2, -0.15) is 5.10 Å². The Hall–Kier alpha value is -2.25. The average Bonchev–Trinajstić information content (AvgIpc) is 2.95. The first-order valence-corrected chi connectivity index (χ1v) is 8.55. The summed E-state index contributed by atoms with van der Waals surface area (Å²) in [5.41, 5.74) is 0.974. The summed E-state index contributed by atoms with van der Waals surface area (Å²) in [6, 6.07) is 8.04. The molecule has 0 bridgehead atoms. The number of hydrogen-bond donors (Lipinski definition) is 2. The Morgan fingerprint density at radius 2 is 2.20 bits per heavy atom. The number of halogens is 1. The predicted octanol–water partition coefficient (Wildman–Crippen LogP) is 2.11.